The van der Waals surface area contributed by atoms with Gasteiger partial charge in [-0.2, -0.15) is 0 Å². The molecule has 84 valence electrons. The van der Waals surface area contributed by atoms with Crippen LogP contribution < -0.4 is 5.73 Å². The molecule has 4 heteroatoms. The van der Waals surface area contributed by atoms with Gasteiger partial charge in [-0.1, -0.05) is 6.07 Å². The third-order valence-corrected chi connectivity index (χ3v) is 2.56. The van der Waals surface area contributed by atoms with Gasteiger partial charge in [0, 0.05) is 18.9 Å². The van der Waals surface area contributed by atoms with Crippen molar-refractivity contribution in [2.75, 3.05) is 0 Å². The number of nitrogens with one attached hydrogen (secondary N) is 1. The number of aromatic amines is 1. The molecule has 2 aromatic rings. The molecule has 0 aliphatic rings. The second kappa shape index (κ2) is 4.90. The van der Waals surface area contributed by atoms with Gasteiger partial charge >= 0.3 is 0 Å². The van der Waals surface area contributed by atoms with E-state index in [0.29, 0.717) is 6.54 Å². The monoisotopic (exact) mass is 216 g/mol. The maximum absolute atomic E-state index is 5.65. The minimum atomic E-state index is 0.517. The van der Waals surface area contributed by atoms with Gasteiger partial charge in [0.15, 0.2) is 0 Å². The zero-order chi connectivity index (χ0) is 11.4. The van der Waals surface area contributed by atoms with Crippen molar-refractivity contribution in [1.82, 2.24) is 15.0 Å². The summed E-state index contributed by atoms with van der Waals surface area (Å²) in [6.45, 7) is 2.47. The van der Waals surface area contributed by atoms with E-state index >= 15 is 0 Å². The largest absolute Gasteiger partial charge is 0.345 e. The van der Waals surface area contributed by atoms with Crippen molar-refractivity contribution in [3.63, 3.8) is 0 Å². The summed E-state index contributed by atoms with van der Waals surface area (Å²) < 4.78 is 0. The summed E-state index contributed by atoms with van der Waals surface area (Å²) in [5.74, 6) is 0.932. The van der Waals surface area contributed by atoms with Crippen molar-refractivity contribution < 1.29 is 0 Å². The number of H-pyrrole nitrogens is 1. The minimum absolute atomic E-state index is 0.517. The molecule has 0 aromatic carbocycles. The van der Waals surface area contributed by atoms with E-state index in [2.05, 4.69) is 21.0 Å². The minimum Gasteiger partial charge on any atom is -0.345 e. The van der Waals surface area contributed by atoms with Crippen LogP contribution in [0.5, 0.6) is 0 Å². The Hall–Kier alpha value is -1.68. The molecule has 0 atom stereocenters. The molecule has 2 aromatic heterocycles. The summed E-state index contributed by atoms with van der Waals surface area (Å²) in [6.07, 6.45) is 5.53. The SMILES string of the molecule is Cc1nc(CCc2cccnc2)c(CN)[nH]1. The number of aryl methyl sites for hydroxylation is 3. The van der Waals surface area contributed by atoms with Gasteiger partial charge < -0.3 is 10.7 Å². The van der Waals surface area contributed by atoms with Crippen LogP contribution >= 0.6 is 0 Å². The summed E-state index contributed by atoms with van der Waals surface area (Å²) in [5.41, 5.74) is 8.99. The predicted octanol–water partition coefficient (Wildman–Crippen LogP) is 1.36. The van der Waals surface area contributed by atoms with Crippen molar-refractivity contribution in [3.05, 3.63) is 47.3 Å². The highest BCUT2D eigenvalue weighted by molar-refractivity contribution is 5.17. The number of aromatic nitrogens is 3. The summed E-state index contributed by atoms with van der Waals surface area (Å²) in [7, 11) is 0. The van der Waals surface area contributed by atoms with Gasteiger partial charge in [0.05, 0.1) is 11.4 Å². The molecule has 2 heterocycles. The number of nitrogens with two attached hydrogens (primary N) is 1. The number of pyridine rings is 1. The van der Waals surface area contributed by atoms with E-state index in [4.69, 9.17) is 5.73 Å². The highest BCUT2D eigenvalue weighted by Gasteiger charge is 2.06. The average Bonchev–Trinajstić information content (AvgIpc) is 2.68. The maximum Gasteiger partial charge on any atom is 0.103 e. The highest BCUT2D eigenvalue weighted by Crippen LogP contribution is 2.09. The molecular weight excluding hydrogens is 200 g/mol. The summed E-state index contributed by atoms with van der Waals surface area (Å²) in [4.78, 5) is 11.7. The number of rotatable bonds is 4. The lowest BCUT2D eigenvalue weighted by Crippen LogP contribution is -2.02. The molecule has 0 saturated heterocycles. The van der Waals surface area contributed by atoms with E-state index < -0.39 is 0 Å². The topological polar surface area (TPSA) is 67.6 Å². The van der Waals surface area contributed by atoms with Gasteiger partial charge in [-0.15, -0.1) is 0 Å². The summed E-state index contributed by atoms with van der Waals surface area (Å²) in [6, 6.07) is 4.03. The van der Waals surface area contributed by atoms with Crippen LogP contribution in [0.4, 0.5) is 0 Å². The van der Waals surface area contributed by atoms with Crippen molar-refractivity contribution in [1.29, 1.82) is 0 Å². The molecule has 4 nitrogen and oxygen atoms in total. The maximum atomic E-state index is 5.65. The van der Waals surface area contributed by atoms with Crippen LogP contribution in [0.2, 0.25) is 0 Å². The number of hydrogen-bond acceptors (Lipinski definition) is 3. The third kappa shape index (κ3) is 2.46. The molecular formula is C12H16N4. The Labute approximate surface area is 94.9 Å². The Morgan fingerprint density at radius 1 is 1.38 bits per heavy atom. The van der Waals surface area contributed by atoms with Crippen LogP contribution in [-0.2, 0) is 19.4 Å². The zero-order valence-electron chi connectivity index (χ0n) is 9.40. The molecule has 0 aliphatic heterocycles. The van der Waals surface area contributed by atoms with Crippen LogP contribution in [0.15, 0.2) is 24.5 Å². The van der Waals surface area contributed by atoms with Gasteiger partial charge in [-0.25, -0.2) is 4.98 Å². The van der Waals surface area contributed by atoms with Crippen LogP contribution in [0.3, 0.4) is 0 Å². The fraction of sp³-hybridized carbons (Fsp3) is 0.333. The Kier molecular flexibility index (Phi) is 3.31. The first-order chi connectivity index (χ1) is 7.79. The van der Waals surface area contributed by atoms with Gasteiger partial charge in [-0.3, -0.25) is 4.98 Å². The first kappa shape index (κ1) is 10.8. The van der Waals surface area contributed by atoms with Crippen molar-refractivity contribution >= 4 is 0 Å². The predicted molar refractivity (Wildman–Crippen MR) is 62.9 cm³/mol. The van der Waals surface area contributed by atoms with Gasteiger partial charge in [0.2, 0.25) is 0 Å². The summed E-state index contributed by atoms with van der Waals surface area (Å²) in [5, 5.41) is 0. The van der Waals surface area contributed by atoms with E-state index in [1.165, 1.54) is 5.56 Å². The fourth-order valence-corrected chi connectivity index (χ4v) is 1.77. The average molecular weight is 216 g/mol. The molecule has 16 heavy (non-hydrogen) atoms. The van der Waals surface area contributed by atoms with Crippen molar-refractivity contribution in [3.8, 4) is 0 Å². The van der Waals surface area contributed by atoms with E-state index in [9.17, 15) is 0 Å². The molecule has 0 amide bonds. The van der Waals surface area contributed by atoms with Crippen LogP contribution in [0.25, 0.3) is 0 Å². The second-order valence-corrected chi connectivity index (χ2v) is 3.81. The first-order valence-corrected chi connectivity index (χ1v) is 5.43. The molecule has 0 spiro atoms. The van der Waals surface area contributed by atoms with Crippen molar-refractivity contribution in [2.24, 2.45) is 5.73 Å². The fourth-order valence-electron chi connectivity index (χ4n) is 1.77. The third-order valence-electron chi connectivity index (χ3n) is 2.56. The zero-order valence-corrected chi connectivity index (χ0v) is 9.40. The Balaban J connectivity index is 2.04. The number of nitrogens with zero attached hydrogens (tertiary/aromatic N) is 2. The van der Waals surface area contributed by atoms with E-state index in [-0.39, 0.29) is 0 Å². The van der Waals surface area contributed by atoms with E-state index in [0.717, 1.165) is 30.1 Å². The molecule has 0 bridgehead atoms. The number of imidazole rings is 1. The van der Waals surface area contributed by atoms with Crippen LogP contribution in [-0.4, -0.2) is 15.0 Å². The van der Waals surface area contributed by atoms with Gasteiger partial charge in [0.1, 0.15) is 5.82 Å². The molecule has 0 aliphatic carbocycles. The van der Waals surface area contributed by atoms with E-state index in [1.807, 2.05) is 19.2 Å². The first-order valence-electron chi connectivity index (χ1n) is 5.43. The normalized spacial score (nSPS) is 10.6. The Morgan fingerprint density at radius 2 is 2.25 bits per heavy atom. The molecule has 2 rings (SSSR count). The quantitative estimate of drug-likeness (QED) is 0.810. The van der Waals surface area contributed by atoms with Gasteiger partial charge in [0.25, 0.3) is 0 Å². The lowest BCUT2D eigenvalue weighted by molar-refractivity contribution is 0.880. The van der Waals surface area contributed by atoms with E-state index in [1.54, 1.807) is 6.20 Å². The molecule has 0 unspecified atom stereocenters. The second-order valence-electron chi connectivity index (χ2n) is 3.81. The Bertz CT molecular complexity index is 447. The molecule has 3 N–H and O–H groups in total. The molecule has 0 radical (unpaired) electrons. The van der Waals surface area contributed by atoms with Gasteiger partial charge in [-0.05, 0) is 31.4 Å². The molecule has 0 fully saturated rings. The Morgan fingerprint density at radius 3 is 2.94 bits per heavy atom. The lowest BCUT2D eigenvalue weighted by atomic mass is 10.1. The van der Waals surface area contributed by atoms with Crippen LogP contribution in [0, 0.1) is 6.92 Å². The lowest BCUT2D eigenvalue weighted by Gasteiger charge is -2.00. The van der Waals surface area contributed by atoms with Crippen molar-refractivity contribution in [2.45, 2.75) is 26.3 Å². The smallest absolute Gasteiger partial charge is 0.103 e. The number of hydrogen-bond donors (Lipinski definition) is 2. The molecule has 0 saturated carbocycles. The highest BCUT2D eigenvalue weighted by atomic mass is 14.9. The standard InChI is InChI=1S/C12H16N4/c1-9-15-11(12(7-13)16-9)5-4-10-3-2-6-14-8-10/h2-3,6,8H,4-5,7,13H2,1H3,(H,15,16). The summed E-state index contributed by atoms with van der Waals surface area (Å²) >= 11 is 0. The van der Waals surface area contributed by atoms with Crippen LogP contribution in [0.1, 0.15) is 22.8 Å².